The molecule has 3 rings (SSSR count). The zero-order valence-corrected chi connectivity index (χ0v) is 10.5. The van der Waals surface area contributed by atoms with E-state index >= 15 is 0 Å². The molecule has 1 aromatic heterocycles. The van der Waals surface area contributed by atoms with Crippen molar-refractivity contribution in [1.82, 2.24) is 9.97 Å². The van der Waals surface area contributed by atoms with Crippen LogP contribution in [0.3, 0.4) is 0 Å². The second kappa shape index (κ2) is 4.82. The number of nitrogens with zero attached hydrogens (tertiary/aromatic N) is 3. The fraction of sp³-hybridized carbons (Fsp3) is 0.231. The standard InChI is InChI=1S/C13H12ClN3O/c14-12-8-13(16-9-15-12)17-6-3-7-18-11-5-2-1-4-10(11)17/h1-2,4-5,8-9H,3,6-7H2. The number of para-hydroxylation sites is 2. The summed E-state index contributed by atoms with van der Waals surface area (Å²) in [5.74, 6) is 1.68. The SMILES string of the molecule is Clc1cc(N2CCCOc3ccccc32)ncn1. The van der Waals surface area contributed by atoms with Crippen LogP contribution in [0.15, 0.2) is 36.7 Å². The van der Waals surface area contributed by atoms with Crippen molar-refractivity contribution in [2.24, 2.45) is 0 Å². The third-order valence-electron chi connectivity index (χ3n) is 2.84. The Bertz CT molecular complexity index is 561. The summed E-state index contributed by atoms with van der Waals surface area (Å²) in [6.07, 6.45) is 2.42. The average molecular weight is 262 g/mol. The summed E-state index contributed by atoms with van der Waals surface area (Å²) in [6.45, 7) is 1.57. The van der Waals surface area contributed by atoms with Crippen LogP contribution >= 0.6 is 11.6 Å². The van der Waals surface area contributed by atoms with E-state index in [1.54, 1.807) is 6.07 Å². The van der Waals surface area contributed by atoms with E-state index in [9.17, 15) is 0 Å². The first-order chi connectivity index (χ1) is 8.84. The van der Waals surface area contributed by atoms with Gasteiger partial charge in [-0.1, -0.05) is 23.7 Å². The minimum atomic E-state index is 0.447. The molecular formula is C13H12ClN3O. The Kier molecular flexibility index (Phi) is 3.02. The van der Waals surface area contributed by atoms with Gasteiger partial charge in [-0.2, -0.15) is 0 Å². The summed E-state index contributed by atoms with van der Waals surface area (Å²) in [5.41, 5.74) is 1.02. The zero-order valence-electron chi connectivity index (χ0n) is 9.71. The fourth-order valence-electron chi connectivity index (χ4n) is 2.04. The molecule has 0 radical (unpaired) electrons. The van der Waals surface area contributed by atoms with E-state index in [0.717, 1.165) is 30.2 Å². The monoisotopic (exact) mass is 261 g/mol. The minimum absolute atomic E-state index is 0.447. The zero-order chi connectivity index (χ0) is 12.4. The molecule has 0 atom stereocenters. The van der Waals surface area contributed by atoms with Crippen LogP contribution in [-0.4, -0.2) is 23.1 Å². The Morgan fingerprint density at radius 3 is 3.00 bits per heavy atom. The second-order valence-electron chi connectivity index (χ2n) is 4.02. The van der Waals surface area contributed by atoms with Crippen LogP contribution in [0.25, 0.3) is 0 Å². The second-order valence-corrected chi connectivity index (χ2v) is 4.41. The van der Waals surface area contributed by atoms with Crippen molar-refractivity contribution in [2.45, 2.75) is 6.42 Å². The van der Waals surface area contributed by atoms with Crippen molar-refractivity contribution < 1.29 is 4.74 Å². The van der Waals surface area contributed by atoms with E-state index in [-0.39, 0.29) is 0 Å². The van der Waals surface area contributed by atoms with E-state index in [2.05, 4.69) is 14.9 Å². The third kappa shape index (κ3) is 2.11. The molecule has 0 N–H and O–H groups in total. The molecule has 1 aliphatic heterocycles. The fourth-order valence-corrected chi connectivity index (χ4v) is 2.18. The summed E-state index contributed by atoms with van der Waals surface area (Å²) in [6, 6.07) is 9.72. The summed E-state index contributed by atoms with van der Waals surface area (Å²) < 4.78 is 5.71. The van der Waals surface area contributed by atoms with Crippen LogP contribution in [0, 0.1) is 0 Å². The minimum Gasteiger partial charge on any atom is -0.491 e. The number of anilines is 2. The predicted molar refractivity (Wildman–Crippen MR) is 70.6 cm³/mol. The van der Waals surface area contributed by atoms with Gasteiger partial charge in [0.1, 0.15) is 23.0 Å². The highest BCUT2D eigenvalue weighted by molar-refractivity contribution is 6.29. The molecule has 4 nitrogen and oxygen atoms in total. The number of ether oxygens (including phenoxy) is 1. The van der Waals surface area contributed by atoms with Gasteiger partial charge in [-0.15, -0.1) is 0 Å². The lowest BCUT2D eigenvalue weighted by Gasteiger charge is -2.22. The van der Waals surface area contributed by atoms with Crippen LogP contribution < -0.4 is 9.64 Å². The Hall–Kier alpha value is -1.81. The average Bonchev–Trinajstić information content (AvgIpc) is 2.61. The third-order valence-corrected chi connectivity index (χ3v) is 3.04. The number of benzene rings is 1. The molecule has 0 unspecified atom stereocenters. The quantitative estimate of drug-likeness (QED) is 0.740. The maximum absolute atomic E-state index is 5.92. The normalized spacial score (nSPS) is 14.6. The Morgan fingerprint density at radius 1 is 1.22 bits per heavy atom. The van der Waals surface area contributed by atoms with Crippen LogP contribution in [0.2, 0.25) is 5.15 Å². The van der Waals surface area contributed by atoms with Crippen molar-refractivity contribution in [3.63, 3.8) is 0 Å². The largest absolute Gasteiger partial charge is 0.491 e. The highest BCUT2D eigenvalue weighted by Gasteiger charge is 2.18. The highest BCUT2D eigenvalue weighted by atomic mass is 35.5. The molecule has 0 bridgehead atoms. The lowest BCUT2D eigenvalue weighted by Crippen LogP contribution is -2.18. The van der Waals surface area contributed by atoms with Gasteiger partial charge in [0.2, 0.25) is 0 Å². The lowest BCUT2D eigenvalue weighted by molar-refractivity contribution is 0.322. The molecule has 2 heterocycles. The van der Waals surface area contributed by atoms with Gasteiger partial charge in [-0.3, -0.25) is 0 Å². The number of hydrogen-bond acceptors (Lipinski definition) is 4. The van der Waals surface area contributed by atoms with Gasteiger partial charge in [0.25, 0.3) is 0 Å². The number of halogens is 1. The van der Waals surface area contributed by atoms with Crippen LogP contribution in [-0.2, 0) is 0 Å². The molecule has 18 heavy (non-hydrogen) atoms. The van der Waals surface area contributed by atoms with E-state index in [1.807, 2.05) is 24.3 Å². The molecule has 0 fully saturated rings. The number of hydrogen-bond donors (Lipinski definition) is 0. The molecule has 1 aromatic carbocycles. The molecular weight excluding hydrogens is 250 g/mol. The Balaban J connectivity index is 2.06. The summed E-state index contributed by atoms with van der Waals surface area (Å²) in [4.78, 5) is 10.3. The molecule has 5 heteroatoms. The van der Waals surface area contributed by atoms with Gasteiger partial charge in [0.15, 0.2) is 0 Å². The van der Waals surface area contributed by atoms with Crippen molar-refractivity contribution in [1.29, 1.82) is 0 Å². The van der Waals surface area contributed by atoms with Gasteiger partial charge >= 0.3 is 0 Å². The predicted octanol–water partition coefficient (Wildman–Crippen LogP) is 3.05. The molecule has 0 saturated heterocycles. The molecule has 0 spiro atoms. The first-order valence-electron chi connectivity index (χ1n) is 5.81. The van der Waals surface area contributed by atoms with Gasteiger partial charge in [-0.05, 0) is 18.6 Å². The highest BCUT2D eigenvalue weighted by Crippen LogP contribution is 2.35. The van der Waals surface area contributed by atoms with Crippen LogP contribution in [0.1, 0.15) is 6.42 Å². The van der Waals surface area contributed by atoms with Crippen molar-refractivity contribution in [2.75, 3.05) is 18.1 Å². The van der Waals surface area contributed by atoms with Gasteiger partial charge < -0.3 is 9.64 Å². The first kappa shape index (κ1) is 11.3. The van der Waals surface area contributed by atoms with E-state index in [1.165, 1.54) is 6.33 Å². The molecule has 0 saturated carbocycles. The molecule has 92 valence electrons. The maximum Gasteiger partial charge on any atom is 0.142 e. The molecule has 1 aliphatic rings. The summed E-state index contributed by atoms with van der Waals surface area (Å²) in [5, 5.41) is 0.447. The van der Waals surface area contributed by atoms with Crippen LogP contribution in [0.4, 0.5) is 11.5 Å². The summed E-state index contributed by atoms with van der Waals surface area (Å²) in [7, 11) is 0. The molecule has 2 aromatic rings. The van der Waals surface area contributed by atoms with E-state index < -0.39 is 0 Å². The number of aromatic nitrogens is 2. The van der Waals surface area contributed by atoms with Crippen molar-refractivity contribution in [3.05, 3.63) is 41.8 Å². The van der Waals surface area contributed by atoms with Crippen molar-refractivity contribution >= 4 is 23.1 Å². The Morgan fingerprint density at radius 2 is 2.11 bits per heavy atom. The molecule has 0 aliphatic carbocycles. The van der Waals surface area contributed by atoms with Crippen molar-refractivity contribution in [3.8, 4) is 5.75 Å². The topological polar surface area (TPSA) is 38.2 Å². The van der Waals surface area contributed by atoms with E-state index in [4.69, 9.17) is 16.3 Å². The number of fused-ring (bicyclic) bond motifs is 1. The smallest absolute Gasteiger partial charge is 0.142 e. The van der Waals surface area contributed by atoms with Gasteiger partial charge in [-0.25, -0.2) is 9.97 Å². The molecule has 0 amide bonds. The maximum atomic E-state index is 5.92. The number of rotatable bonds is 1. The van der Waals surface area contributed by atoms with Gasteiger partial charge in [0, 0.05) is 12.6 Å². The van der Waals surface area contributed by atoms with Gasteiger partial charge in [0.05, 0.1) is 12.3 Å². The van der Waals surface area contributed by atoms with E-state index in [0.29, 0.717) is 11.8 Å². The van der Waals surface area contributed by atoms with Crippen LogP contribution in [0.5, 0.6) is 5.75 Å². The lowest BCUT2D eigenvalue weighted by atomic mass is 10.2. The first-order valence-corrected chi connectivity index (χ1v) is 6.19. The Labute approximate surface area is 110 Å². The summed E-state index contributed by atoms with van der Waals surface area (Å²) >= 11 is 5.92.